The number of ether oxygens (including phenoxy) is 1. The minimum absolute atomic E-state index is 0.0625. The Morgan fingerprint density at radius 3 is 2.75 bits per heavy atom. The zero-order chi connectivity index (χ0) is 22.7. The van der Waals surface area contributed by atoms with Gasteiger partial charge in [0.15, 0.2) is 0 Å². The van der Waals surface area contributed by atoms with Gasteiger partial charge in [-0.1, -0.05) is 56.2 Å². The summed E-state index contributed by atoms with van der Waals surface area (Å²) in [6.45, 7) is 6.87. The molecule has 1 aliphatic rings. The molecular weight excluding hydrogens is 426 g/mol. The Labute approximate surface area is 192 Å². The van der Waals surface area contributed by atoms with Crippen molar-refractivity contribution in [1.29, 1.82) is 0 Å². The molecule has 32 heavy (non-hydrogen) atoms. The van der Waals surface area contributed by atoms with Crippen molar-refractivity contribution in [3.8, 4) is 22.8 Å². The lowest BCUT2D eigenvalue weighted by Crippen LogP contribution is -2.30. The second kappa shape index (κ2) is 9.49. The zero-order valence-corrected chi connectivity index (χ0v) is 18.7. The number of hydrogen-bond donors (Lipinski definition) is 2. The number of amides is 1. The van der Waals surface area contributed by atoms with Gasteiger partial charge in [-0.25, -0.2) is 0 Å². The number of nitrogens with zero attached hydrogens (tertiary/aromatic N) is 2. The number of aromatic amines is 1. The van der Waals surface area contributed by atoms with Gasteiger partial charge in [0, 0.05) is 22.7 Å². The van der Waals surface area contributed by atoms with E-state index in [1.807, 2.05) is 29.2 Å². The van der Waals surface area contributed by atoms with Gasteiger partial charge in [0.25, 0.3) is 5.91 Å². The third kappa shape index (κ3) is 4.10. The van der Waals surface area contributed by atoms with E-state index < -0.39 is 0 Å². The third-order valence-electron chi connectivity index (χ3n) is 5.64. The molecule has 1 unspecified atom stereocenters. The summed E-state index contributed by atoms with van der Waals surface area (Å²) in [4.78, 5) is 15.2. The van der Waals surface area contributed by atoms with Crippen molar-refractivity contribution in [3.05, 3.63) is 77.0 Å². The highest BCUT2D eigenvalue weighted by Gasteiger charge is 2.42. The molecule has 6 nitrogen and oxygen atoms in total. The van der Waals surface area contributed by atoms with Gasteiger partial charge in [-0.15, -0.1) is 0 Å². The predicted molar refractivity (Wildman–Crippen MR) is 125 cm³/mol. The van der Waals surface area contributed by atoms with Crippen LogP contribution in [-0.4, -0.2) is 39.3 Å². The van der Waals surface area contributed by atoms with Gasteiger partial charge >= 0.3 is 0 Å². The first-order chi connectivity index (χ1) is 15.5. The Balaban J connectivity index is 1.79. The van der Waals surface area contributed by atoms with Crippen molar-refractivity contribution < 1.29 is 14.6 Å². The SMILES string of the molecule is C=CCOc1ccc(C2c3c(-c4cc(Cl)ccc4O)n[nH]c3C(=O)N2CCCCC)cc1. The number of nitrogens with one attached hydrogen (secondary N) is 1. The standard InChI is InChI=1S/C25H26ClN3O3/c1-3-5-6-13-29-24(16-7-10-18(11-8-16)32-14-4-2)21-22(27-28-23(21)25(29)31)19-15-17(26)9-12-20(19)30/h4,7-12,15,24,30H,2-3,5-6,13-14H2,1H3,(H,27,28). The highest BCUT2D eigenvalue weighted by atomic mass is 35.5. The van der Waals surface area contributed by atoms with Gasteiger partial charge in [-0.3, -0.25) is 9.89 Å². The normalized spacial score (nSPS) is 15.1. The van der Waals surface area contributed by atoms with E-state index in [1.54, 1.807) is 18.2 Å². The van der Waals surface area contributed by atoms with Gasteiger partial charge < -0.3 is 14.7 Å². The van der Waals surface area contributed by atoms with Crippen LogP contribution >= 0.6 is 11.6 Å². The van der Waals surface area contributed by atoms with E-state index in [1.165, 1.54) is 6.07 Å². The summed E-state index contributed by atoms with van der Waals surface area (Å²) >= 11 is 6.19. The molecule has 0 fully saturated rings. The molecule has 0 bridgehead atoms. The number of aromatic nitrogens is 2. The number of phenolic OH excluding ortho intramolecular Hbond substituents is 1. The number of hydrogen-bond acceptors (Lipinski definition) is 4. The molecule has 4 rings (SSSR count). The quantitative estimate of drug-likeness (QED) is 0.321. The van der Waals surface area contributed by atoms with Gasteiger partial charge in [0.1, 0.15) is 29.5 Å². The van der Waals surface area contributed by atoms with Gasteiger partial charge in [0.05, 0.1) is 6.04 Å². The van der Waals surface area contributed by atoms with E-state index in [0.29, 0.717) is 35.1 Å². The van der Waals surface area contributed by atoms with Crippen LogP contribution < -0.4 is 4.74 Å². The largest absolute Gasteiger partial charge is 0.507 e. The molecule has 2 heterocycles. The summed E-state index contributed by atoms with van der Waals surface area (Å²) in [7, 11) is 0. The molecule has 0 saturated carbocycles. The van der Waals surface area contributed by atoms with E-state index in [4.69, 9.17) is 16.3 Å². The topological polar surface area (TPSA) is 78.5 Å². The molecular formula is C25H26ClN3O3. The summed E-state index contributed by atoms with van der Waals surface area (Å²) in [5, 5.41) is 18.3. The Bertz CT molecular complexity index is 1120. The van der Waals surface area contributed by atoms with Crippen molar-refractivity contribution in [2.75, 3.05) is 13.2 Å². The van der Waals surface area contributed by atoms with Crippen LogP contribution in [0.3, 0.4) is 0 Å². The maximum atomic E-state index is 13.3. The first kappa shape index (κ1) is 22.0. The number of fused-ring (bicyclic) bond motifs is 1. The summed E-state index contributed by atoms with van der Waals surface area (Å²) < 4.78 is 5.61. The van der Waals surface area contributed by atoms with Gasteiger partial charge in [-0.2, -0.15) is 5.10 Å². The molecule has 166 valence electrons. The molecule has 0 radical (unpaired) electrons. The monoisotopic (exact) mass is 451 g/mol. The van der Waals surface area contributed by atoms with Gasteiger partial charge in [-0.05, 0) is 42.3 Å². The average Bonchev–Trinajstić information content (AvgIpc) is 3.34. The highest BCUT2D eigenvalue weighted by Crippen LogP contribution is 2.45. The fraction of sp³-hybridized carbons (Fsp3) is 0.280. The number of carbonyl (C=O) groups excluding carboxylic acids is 1. The lowest BCUT2D eigenvalue weighted by molar-refractivity contribution is 0.0740. The van der Waals surface area contributed by atoms with E-state index in [0.717, 1.165) is 36.1 Å². The number of benzene rings is 2. The molecule has 3 aromatic rings. The van der Waals surface area contributed by atoms with Crippen LogP contribution in [0, 0.1) is 0 Å². The summed E-state index contributed by atoms with van der Waals surface area (Å²) in [5.41, 5.74) is 3.18. The van der Waals surface area contributed by atoms with Crippen LogP contribution in [0.25, 0.3) is 11.3 Å². The van der Waals surface area contributed by atoms with Crippen LogP contribution in [0.4, 0.5) is 0 Å². The lowest BCUT2D eigenvalue weighted by Gasteiger charge is -2.26. The van der Waals surface area contributed by atoms with E-state index >= 15 is 0 Å². The zero-order valence-electron chi connectivity index (χ0n) is 18.0. The summed E-state index contributed by atoms with van der Waals surface area (Å²) in [5.74, 6) is 0.705. The minimum Gasteiger partial charge on any atom is -0.507 e. The number of rotatable bonds is 9. The maximum absolute atomic E-state index is 13.3. The number of phenols is 1. The van der Waals surface area contributed by atoms with Crippen molar-refractivity contribution >= 4 is 17.5 Å². The molecule has 0 saturated heterocycles. The minimum atomic E-state index is -0.324. The smallest absolute Gasteiger partial charge is 0.273 e. The first-order valence-corrected chi connectivity index (χ1v) is 11.1. The van der Waals surface area contributed by atoms with Crippen LogP contribution in [-0.2, 0) is 0 Å². The van der Waals surface area contributed by atoms with Crippen LogP contribution in [0.1, 0.15) is 53.8 Å². The van der Waals surface area contributed by atoms with Gasteiger partial charge in [0.2, 0.25) is 0 Å². The number of carbonyl (C=O) groups is 1. The van der Waals surface area contributed by atoms with Crippen LogP contribution in [0.5, 0.6) is 11.5 Å². The molecule has 0 aliphatic carbocycles. The van der Waals surface area contributed by atoms with Crippen LogP contribution in [0.15, 0.2) is 55.1 Å². The Morgan fingerprint density at radius 1 is 1.25 bits per heavy atom. The van der Waals surface area contributed by atoms with E-state index in [9.17, 15) is 9.90 Å². The number of aromatic hydroxyl groups is 1. The number of halogens is 1. The Kier molecular flexibility index (Phi) is 6.51. The van der Waals surface area contributed by atoms with Crippen LogP contribution in [0.2, 0.25) is 5.02 Å². The van der Waals surface area contributed by atoms with E-state index in [-0.39, 0.29) is 17.7 Å². The molecule has 2 aromatic carbocycles. The second-order valence-electron chi connectivity index (χ2n) is 7.80. The molecule has 0 spiro atoms. The Morgan fingerprint density at radius 2 is 2.03 bits per heavy atom. The maximum Gasteiger partial charge on any atom is 0.273 e. The van der Waals surface area contributed by atoms with Crippen molar-refractivity contribution in [3.63, 3.8) is 0 Å². The second-order valence-corrected chi connectivity index (χ2v) is 8.24. The van der Waals surface area contributed by atoms with Crippen molar-refractivity contribution in [2.24, 2.45) is 0 Å². The first-order valence-electron chi connectivity index (χ1n) is 10.8. The fourth-order valence-corrected chi connectivity index (χ4v) is 4.28. The average molecular weight is 452 g/mol. The number of H-pyrrole nitrogens is 1. The fourth-order valence-electron chi connectivity index (χ4n) is 4.11. The summed E-state index contributed by atoms with van der Waals surface area (Å²) in [6.07, 6.45) is 4.71. The highest BCUT2D eigenvalue weighted by molar-refractivity contribution is 6.31. The number of unbranched alkanes of at least 4 members (excludes halogenated alkanes) is 2. The van der Waals surface area contributed by atoms with Crippen molar-refractivity contribution in [1.82, 2.24) is 15.1 Å². The third-order valence-corrected chi connectivity index (χ3v) is 5.88. The molecule has 1 aliphatic heterocycles. The molecule has 7 heteroatoms. The predicted octanol–water partition coefficient (Wildman–Crippen LogP) is 5.74. The molecule has 1 atom stereocenters. The Hall–Kier alpha value is -3.25. The van der Waals surface area contributed by atoms with E-state index in [2.05, 4.69) is 23.7 Å². The summed E-state index contributed by atoms with van der Waals surface area (Å²) in [6, 6.07) is 12.2. The molecule has 1 amide bonds. The molecule has 1 aromatic heterocycles. The molecule has 2 N–H and O–H groups in total. The van der Waals surface area contributed by atoms with Crippen molar-refractivity contribution in [2.45, 2.75) is 32.2 Å². The lowest BCUT2D eigenvalue weighted by atomic mass is 9.95.